The predicted molar refractivity (Wildman–Crippen MR) is 109 cm³/mol. The van der Waals surface area contributed by atoms with Crippen molar-refractivity contribution in [1.82, 2.24) is 4.90 Å². The number of hydrogen-bond donors (Lipinski definition) is 1. The van der Waals surface area contributed by atoms with Crippen LogP contribution in [0.5, 0.6) is 5.75 Å². The van der Waals surface area contributed by atoms with E-state index in [1.165, 1.54) is 0 Å². The number of anilines is 1. The molecule has 0 bridgehead atoms. The number of fused-ring (bicyclic) bond motifs is 1. The number of carbonyl (C=O) groups excluding carboxylic acids is 2. The Balaban J connectivity index is 1.54. The molecule has 5 nitrogen and oxygen atoms in total. The van der Waals surface area contributed by atoms with E-state index in [1.54, 1.807) is 36.4 Å². The molecule has 0 radical (unpaired) electrons. The molecule has 1 saturated heterocycles. The lowest BCUT2D eigenvalue weighted by atomic mass is 9.98. The molecule has 2 aromatic carbocycles. The van der Waals surface area contributed by atoms with Gasteiger partial charge in [-0.15, -0.1) is 0 Å². The SMILES string of the molecule is CC1CCN(C(=O)c2ccc3c(c2)NC(=O)/C(=C/c2cccc(Cl)c2)O3)CC1. The van der Waals surface area contributed by atoms with E-state index in [0.29, 0.717) is 27.9 Å². The van der Waals surface area contributed by atoms with Crippen LogP contribution in [0.4, 0.5) is 5.69 Å². The minimum Gasteiger partial charge on any atom is -0.449 e. The molecular weight excluding hydrogens is 376 g/mol. The first kappa shape index (κ1) is 18.6. The second-order valence-electron chi connectivity index (χ2n) is 7.31. The van der Waals surface area contributed by atoms with Gasteiger partial charge in [0.25, 0.3) is 11.8 Å². The van der Waals surface area contributed by atoms with E-state index >= 15 is 0 Å². The van der Waals surface area contributed by atoms with Crippen molar-refractivity contribution in [1.29, 1.82) is 0 Å². The molecule has 0 unspecified atom stereocenters. The number of nitrogens with one attached hydrogen (secondary N) is 1. The maximum atomic E-state index is 12.8. The van der Waals surface area contributed by atoms with E-state index in [4.69, 9.17) is 16.3 Å². The van der Waals surface area contributed by atoms with Crippen LogP contribution < -0.4 is 10.1 Å². The Hall–Kier alpha value is -2.79. The normalized spacial score (nSPS) is 18.4. The third kappa shape index (κ3) is 3.90. The van der Waals surface area contributed by atoms with Crippen LogP contribution in [-0.4, -0.2) is 29.8 Å². The van der Waals surface area contributed by atoms with Gasteiger partial charge in [0, 0.05) is 23.7 Å². The van der Waals surface area contributed by atoms with E-state index in [2.05, 4.69) is 12.2 Å². The van der Waals surface area contributed by atoms with Gasteiger partial charge in [-0.1, -0.05) is 30.7 Å². The van der Waals surface area contributed by atoms with E-state index in [0.717, 1.165) is 31.5 Å². The zero-order chi connectivity index (χ0) is 19.7. The van der Waals surface area contributed by atoms with Crippen LogP contribution in [0, 0.1) is 5.92 Å². The molecule has 144 valence electrons. The molecule has 0 aromatic heterocycles. The van der Waals surface area contributed by atoms with Crippen LogP contribution in [0.15, 0.2) is 48.2 Å². The third-order valence-corrected chi connectivity index (χ3v) is 5.37. The van der Waals surface area contributed by atoms with E-state index < -0.39 is 0 Å². The highest BCUT2D eigenvalue weighted by Crippen LogP contribution is 2.33. The van der Waals surface area contributed by atoms with Gasteiger partial charge in [0.2, 0.25) is 0 Å². The average Bonchev–Trinajstić information content (AvgIpc) is 2.68. The Morgan fingerprint density at radius 1 is 1.21 bits per heavy atom. The molecule has 2 heterocycles. The Morgan fingerprint density at radius 2 is 2.00 bits per heavy atom. The number of likely N-dealkylation sites (tertiary alicyclic amines) is 1. The van der Waals surface area contributed by atoms with Crippen LogP contribution in [0.1, 0.15) is 35.7 Å². The summed E-state index contributed by atoms with van der Waals surface area (Å²) in [7, 11) is 0. The lowest BCUT2D eigenvalue weighted by Crippen LogP contribution is -2.38. The van der Waals surface area contributed by atoms with Crippen LogP contribution in [0.3, 0.4) is 0 Å². The molecule has 2 aliphatic heterocycles. The van der Waals surface area contributed by atoms with Crippen molar-refractivity contribution in [2.45, 2.75) is 19.8 Å². The van der Waals surface area contributed by atoms with Gasteiger partial charge in [-0.05, 0) is 60.7 Å². The molecule has 0 spiro atoms. The fraction of sp³-hybridized carbons (Fsp3) is 0.273. The van der Waals surface area contributed by atoms with Crippen molar-refractivity contribution in [3.05, 3.63) is 64.4 Å². The molecule has 2 amide bonds. The fourth-order valence-electron chi connectivity index (χ4n) is 3.44. The smallest absolute Gasteiger partial charge is 0.291 e. The topological polar surface area (TPSA) is 58.6 Å². The van der Waals surface area contributed by atoms with Crippen molar-refractivity contribution >= 4 is 35.2 Å². The van der Waals surface area contributed by atoms with Gasteiger partial charge in [-0.25, -0.2) is 0 Å². The molecule has 6 heteroatoms. The summed E-state index contributed by atoms with van der Waals surface area (Å²) in [6.07, 6.45) is 3.68. The molecule has 4 rings (SSSR count). The van der Waals surface area contributed by atoms with Gasteiger partial charge in [0.1, 0.15) is 0 Å². The summed E-state index contributed by atoms with van der Waals surface area (Å²) in [4.78, 5) is 27.1. The summed E-state index contributed by atoms with van der Waals surface area (Å²) >= 11 is 5.99. The highest BCUT2D eigenvalue weighted by Gasteiger charge is 2.26. The highest BCUT2D eigenvalue weighted by molar-refractivity contribution is 6.30. The molecule has 2 aromatic rings. The van der Waals surface area contributed by atoms with E-state index in [9.17, 15) is 9.59 Å². The van der Waals surface area contributed by atoms with Crippen molar-refractivity contribution in [2.24, 2.45) is 5.92 Å². The molecule has 0 atom stereocenters. The monoisotopic (exact) mass is 396 g/mol. The Bertz CT molecular complexity index is 962. The fourth-order valence-corrected chi connectivity index (χ4v) is 3.63. The first-order valence-corrected chi connectivity index (χ1v) is 9.77. The first-order valence-electron chi connectivity index (χ1n) is 9.39. The zero-order valence-corrected chi connectivity index (χ0v) is 16.3. The lowest BCUT2D eigenvalue weighted by molar-refractivity contribution is -0.115. The number of carbonyl (C=O) groups is 2. The highest BCUT2D eigenvalue weighted by atomic mass is 35.5. The third-order valence-electron chi connectivity index (χ3n) is 5.14. The van der Waals surface area contributed by atoms with Gasteiger partial charge in [-0.3, -0.25) is 9.59 Å². The Labute approximate surface area is 168 Å². The summed E-state index contributed by atoms with van der Waals surface area (Å²) in [5.41, 5.74) is 1.83. The Morgan fingerprint density at radius 3 is 2.75 bits per heavy atom. The van der Waals surface area contributed by atoms with E-state index in [-0.39, 0.29) is 17.6 Å². The minimum atomic E-state index is -0.358. The second kappa shape index (κ2) is 7.68. The number of nitrogens with zero attached hydrogens (tertiary/aromatic N) is 1. The largest absolute Gasteiger partial charge is 0.449 e. The van der Waals surface area contributed by atoms with Gasteiger partial charge in [-0.2, -0.15) is 0 Å². The zero-order valence-electron chi connectivity index (χ0n) is 15.6. The Kier molecular flexibility index (Phi) is 5.09. The molecule has 2 aliphatic rings. The summed E-state index contributed by atoms with van der Waals surface area (Å²) in [5.74, 6) is 0.980. The quantitative estimate of drug-likeness (QED) is 0.755. The molecule has 1 N–H and O–H groups in total. The van der Waals surface area contributed by atoms with Crippen molar-refractivity contribution in [3.63, 3.8) is 0 Å². The maximum absolute atomic E-state index is 12.8. The van der Waals surface area contributed by atoms with Crippen molar-refractivity contribution in [3.8, 4) is 5.75 Å². The van der Waals surface area contributed by atoms with Gasteiger partial charge in [0.05, 0.1) is 5.69 Å². The summed E-state index contributed by atoms with van der Waals surface area (Å²) in [6, 6.07) is 12.3. The van der Waals surface area contributed by atoms with E-state index in [1.807, 2.05) is 17.0 Å². The lowest BCUT2D eigenvalue weighted by Gasteiger charge is -2.30. The number of ether oxygens (including phenoxy) is 1. The van der Waals surface area contributed by atoms with Crippen LogP contribution in [0.25, 0.3) is 6.08 Å². The number of benzene rings is 2. The minimum absolute atomic E-state index is 0.00999. The van der Waals surface area contributed by atoms with Crippen molar-refractivity contribution < 1.29 is 14.3 Å². The van der Waals surface area contributed by atoms with Gasteiger partial charge < -0.3 is 15.0 Å². The molecular formula is C22H21ClN2O3. The van der Waals surface area contributed by atoms with Crippen LogP contribution in [-0.2, 0) is 4.79 Å². The molecule has 0 aliphatic carbocycles. The van der Waals surface area contributed by atoms with Gasteiger partial charge >= 0.3 is 0 Å². The first-order chi connectivity index (χ1) is 13.5. The number of piperidine rings is 1. The number of halogens is 1. The molecule has 1 fully saturated rings. The predicted octanol–water partition coefficient (Wildman–Crippen LogP) is 4.58. The number of amides is 2. The number of rotatable bonds is 2. The second-order valence-corrected chi connectivity index (χ2v) is 7.74. The van der Waals surface area contributed by atoms with Crippen LogP contribution >= 0.6 is 11.6 Å². The maximum Gasteiger partial charge on any atom is 0.291 e. The standard InChI is InChI=1S/C22H21ClN2O3/c1-14-7-9-25(10-8-14)22(27)16-5-6-19-18(13-16)24-21(26)20(28-19)12-15-3-2-4-17(23)11-15/h2-6,11-14H,7-10H2,1H3,(H,24,26)/b20-12-. The summed E-state index contributed by atoms with van der Waals surface area (Å²) in [6.45, 7) is 3.75. The average molecular weight is 397 g/mol. The van der Waals surface area contributed by atoms with Crippen molar-refractivity contribution in [2.75, 3.05) is 18.4 Å². The van der Waals surface area contributed by atoms with Crippen LogP contribution in [0.2, 0.25) is 5.02 Å². The summed E-state index contributed by atoms with van der Waals surface area (Å²) < 4.78 is 5.76. The number of hydrogen-bond acceptors (Lipinski definition) is 3. The van der Waals surface area contributed by atoms with Gasteiger partial charge in [0.15, 0.2) is 11.5 Å². The molecule has 0 saturated carbocycles. The summed E-state index contributed by atoms with van der Waals surface area (Å²) in [5, 5.41) is 3.40. The molecule has 28 heavy (non-hydrogen) atoms.